The summed E-state index contributed by atoms with van der Waals surface area (Å²) in [6, 6.07) is 0. The molecule has 3 heteroatoms. The minimum atomic E-state index is 0. The number of unbranched alkanes of at least 4 members (excludes halogenated alkanes) is 11. The standard InChI is InChI=1S/C17H38N.BrH.H3P/c1-5-6-7-8-9-10-11-12-13-14-15-16-17-18(2,3)4;;/h5-17H2,1-4H3;1H;1H3/q+1;;/p-1. The van der Waals surface area contributed by atoms with Gasteiger partial charge in [0.25, 0.3) is 0 Å². The second-order valence-electron chi connectivity index (χ2n) is 6.90. The van der Waals surface area contributed by atoms with E-state index < -0.39 is 0 Å². The van der Waals surface area contributed by atoms with E-state index in [1.165, 1.54) is 83.6 Å². The van der Waals surface area contributed by atoms with Gasteiger partial charge in [-0.25, -0.2) is 0 Å². The fourth-order valence-corrected chi connectivity index (χ4v) is 2.43. The zero-order valence-electron chi connectivity index (χ0n) is 14.7. The number of hydrogen-bond donors (Lipinski definition) is 0. The Bertz CT molecular complexity index is 169. The van der Waals surface area contributed by atoms with E-state index in [0.29, 0.717) is 0 Å². The molecule has 1 nitrogen and oxygen atoms in total. The van der Waals surface area contributed by atoms with E-state index in [-0.39, 0.29) is 26.9 Å². The van der Waals surface area contributed by atoms with Crippen molar-refractivity contribution < 1.29 is 21.5 Å². The molecule has 0 aromatic carbocycles. The highest BCUT2D eigenvalue weighted by atomic mass is 79.9. The predicted molar refractivity (Wildman–Crippen MR) is 95.1 cm³/mol. The molecular formula is C17H41BrNP. The zero-order chi connectivity index (χ0) is 13.7. The Kier molecular flexibility index (Phi) is 23.1. The smallest absolute Gasteiger partial charge is 0.0780 e. The van der Waals surface area contributed by atoms with E-state index in [1.54, 1.807) is 0 Å². The number of hydrogen-bond acceptors (Lipinski definition) is 0. The average Bonchev–Trinajstić information content (AvgIpc) is 2.29. The van der Waals surface area contributed by atoms with E-state index in [0.717, 1.165) is 4.48 Å². The highest BCUT2D eigenvalue weighted by molar-refractivity contribution is 6.92. The van der Waals surface area contributed by atoms with E-state index in [4.69, 9.17) is 0 Å². The molecule has 0 heterocycles. The Balaban J connectivity index is -0.00000144. The van der Waals surface area contributed by atoms with Crippen molar-refractivity contribution in [3.05, 3.63) is 0 Å². The van der Waals surface area contributed by atoms with Crippen molar-refractivity contribution in [1.29, 1.82) is 0 Å². The van der Waals surface area contributed by atoms with Crippen molar-refractivity contribution >= 4 is 9.90 Å². The van der Waals surface area contributed by atoms with Gasteiger partial charge in [0.05, 0.1) is 27.7 Å². The van der Waals surface area contributed by atoms with Crippen LogP contribution in [0.1, 0.15) is 84.0 Å². The third-order valence-corrected chi connectivity index (χ3v) is 3.68. The van der Waals surface area contributed by atoms with Gasteiger partial charge in [-0.3, -0.25) is 0 Å². The molecule has 0 aliphatic carbocycles. The predicted octanol–water partition coefficient (Wildman–Crippen LogP) is 2.46. The quantitative estimate of drug-likeness (QED) is 0.265. The molecule has 0 spiro atoms. The van der Waals surface area contributed by atoms with Gasteiger partial charge in [0.15, 0.2) is 0 Å². The molecule has 0 bridgehead atoms. The van der Waals surface area contributed by atoms with E-state index >= 15 is 0 Å². The first-order valence-electron chi connectivity index (χ1n) is 8.36. The third kappa shape index (κ3) is 23.9. The lowest BCUT2D eigenvalue weighted by Gasteiger charge is -2.23. The lowest BCUT2D eigenvalue weighted by atomic mass is 10.1. The second kappa shape index (κ2) is 17.9. The van der Waals surface area contributed by atoms with Crippen LogP contribution in [-0.4, -0.2) is 32.2 Å². The first-order valence-corrected chi connectivity index (χ1v) is 8.36. The lowest BCUT2D eigenvalue weighted by Crippen LogP contribution is -3.00. The summed E-state index contributed by atoms with van der Waals surface area (Å²) in [5, 5.41) is 0. The molecule has 0 radical (unpaired) electrons. The molecule has 0 N–H and O–H groups in total. The van der Waals surface area contributed by atoms with Gasteiger partial charge in [0.1, 0.15) is 0 Å². The summed E-state index contributed by atoms with van der Waals surface area (Å²) >= 11 is 0. The molecule has 1 unspecified atom stereocenters. The van der Waals surface area contributed by atoms with Crippen LogP contribution in [-0.2, 0) is 0 Å². The Labute approximate surface area is 143 Å². The first-order chi connectivity index (χ1) is 8.56. The summed E-state index contributed by atoms with van der Waals surface area (Å²) in [6.45, 7) is 3.62. The van der Waals surface area contributed by atoms with Crippen molar-refractivity contribution in [3.63, 3.8) is 0 Å². The SMILES string of the molecule is CCCCCCCCCCCCCC[N+](C)(C)C.P.[Br-]. The van der Waals surface area contributed by atoms with E-state index in [1.807, 2.05) is 0 Å². The molecule has 0 saturated carbocycles. The number of nitrogens with zero attached hydrogens (tertiary/aromatic N) is 1. The summed E-state index contributed by atoms with van der Waals surface area (Å²) in [4.78, 5) is 0. The second-order valence-corrected chi connectivity index (χ2v) is 6.90. The highest BCUT2D eigenvalue weighted by Gasteiger charge is 2.04. The first kappa shape index (κ1) is 25.8. The lowest BCUT2D eigenvalue weighted by molar-refractivity contribution is -0.870. The molecule has 20 heavy (non-hydrogen) atoms. The van der Waals surface area contributed by atoms with Crippen molar-refractivity contribution in [3.8, 4) is 0 Å². The minimum absolute atomic E-state index is 0. The van der Waals surface area contributed by atoms with Gasteiger partial charge in [-0.1, -0.05) is 71.1 Å². The van der Waals surface area contributed by atoms with E-state index in [9.17, 15) is 0 Å². The van der Waals surface area contributed by atoms with Crippen LogP contribution in [0.25, 0.3) is 0 Å². The van der Waals surface area contributed by atoms with Crippen LogP contribution < -0.4 is 17.0 Å². The average molecular weight is 370 g/mol. The molecule has 0 rings (SSSR count). The molecule has 1 atom stereocenters. The monoisotopic (exact) mass is 369 g/mol. The van der Waals surface area contributed by atoms with Crippen LogP contribution in [0.4, 0.5) is 0 Å². The largest absolute Gasteiger partial charge is 1.00 e. The van der Waals surface area contributed by atoms with Crippen LogP contribution >= 0.6 is 9.90 Å². The van der Waals surface area contributed by atoms with Gasteiger partial charge < -0.3 is 21.5 Å². The maximum absolute atomic E-state index is 2.29. The van der Waals surface area contributed by atoms with Gasteiger partial charge in [0.2, 0.25) is 0 Å². The maximum atomic E-state index is 2.29. The number of halogens is 1. The van der Waals surface area contributed by atoms with Gasteiger partial charge in [-0.2, -0.15) is 9.90 Å². The molecule has 0 aromatic rings. The van der Waals surface area contributed by atoms with Crippen LogP contribution in [0.15, 0.2) is 0 Å². The summed E-state index contributed by atoms with van der Waals surface area (Å²) in [6.07, 6.45) is 17.4. The van der Waals surface area contributed by atoms with Crippen molar-refractivity contribution in [2.45, 2.75) is 84.0 Å². The normalized spacial score (nSPS) is 10.8. The summed E-state index contributed by atoms with van der Waals surface area (Å²) in [7, 11) is 6.87. The highest BCUT2D eigenvalue weighted by Crippen LogP contribution is 2.12. The zero-order valence-corrected chi connectivity index (χ0v) is 17.7. The fraction of sp³-hybridized carbons (Fsp3) is 1.00. The Morgan fingerprint density at radius 1 is 0.550 bits per heavy atom. The Morgan fingerprint density at radius 3 is 1.15 bits per heavy atom. The van der Waals surface area contributed by atoms with E-state index in [2.05, 4.69) is 28.1 Å². The fourth-order valence-electron chi connectivity index (χ4n) is 2.43. The van der Waals surface area contributed by atoms with Crippen molar-refractivity contribution in [1.82, 2.24) is 0 Å². The van der Waals surface area contributed by atoms with Crippen LogP contribution in [0.3, 0.4) is 0 Å². The molecule has 0 aliphatic rings. The minimum Gasteiger partial charge on any atom is -1.00 e. The summed E-state index contributed by atoms with van der Waals surface area (Å²) in [5.74, 6) is 0. The number of rotatable bonds is 13. The molecule has 0 saturated heterocycles. The van der Waals surface area contributed by atoms with Crippen LogP contribution in [0, 0.1) is 0 Å². The van der Waals surface area contributed by atoms with Crippen molar-refractivity contribution in [2.24, 2.45) is 0 Å². The molecule has 0 amide bonds. The van der Waals surface area contributed by atoms with Crippen LogP contribution in [0.5, 0.6) is 0 Å². The van der Waals surface area contributed by atoms with Gasteiger partial charge in [-0.15, -0.1) is 0 Å². The van der Waals surface area contributed by atoms with Crippen LogP contribution in [0.2, 0.25) is 0 Å². The summed E-state index contributed by atoms with van der Waals surface area (Å²) < 4.78 is 1.12. The van der Waals surface area contributed by atoms with Gasteiger partial charge in [0, 0.05) is 0 Å². The maximum Gasteiger partial charge on any atom is 0.0780 e. The van der Waals surface area contributed by atoms with Crippen molar-refractivity contribution in [2.75, 3.05) is 27.7 Å². The molecular weight excluding hydrogens is 329 g/mol. The molecule has 0 fully saturated rings. The summed E-state index contributed by atoms with van der Waals surface area (Å²) in [5.41, 5.74) is 0. The molecule has 126 valence electrons. The third-order valence-electron chi connectivity index (χ3n) is 3.68. The number of quaternary nitrogens is 1. The Hall–Kier alpha value is 0.870. The van der Waals surface area contributed by atoms with Gasteiger partial charge in [-0.05, 0) is 12.8 Å². The Morgan fingerprint density at radius 2 is 0.850 bits per heavy atom. The topological polar surface area (TPSA) is 0 Å². The molecule has 0 aromatic heterocycles. The molecule has 0 aliphatic heterocycles. The van der Waals surface area contributed by atoms with Gasteiger partial charge >= 0.3 is 0 Å².